The molecule has 1 aromatic heterocycles. The second-order valence-corrected chi connectivity index (χ2v) is 9.07. The summed E-state index contributed by atoms with van der Waals surface area (Å²) >= 11 is 0. The molecule has 156 valence electrons. The summed E-state index contributed by atoms with van der Waals surface area (Å²) in [6, 6.07) is 2.85. The lowest BCUT2D eigenvalue weighted by atomic mass is 9.76. The van der Waals surface area contributed by atoms with Gasteiger partial charge in [-0.3, -0.25) is 9.89 Å². The van der Waals surface area contributed by atoms with Crippen LogP contribution >= 0.6 is 0 Å². The van der Waals surface area contributed by atoms with Crippen molar-refractivity contribution in [3.8, 4) is 6.07 Å². The zero-order valence-corrected chi connectivity index (χ0v) is 17.1. The molecular weight excluding hydrogens is 379 g/mol. The number of carbonyl (C=O) groups is 1. The van der Waals surface area contributed by atoms with Gasteiger partial charge < -0.3 is 4.90 Å². The fourth-order valence-electron chi connectivity index (χ4n) is 5.40. The number of rotatable bonds is 4. The number of halogens is 1. The van der Waals surface area contributed by atoms with E-state index in [4.69, 9.17) is 0 Å². The van der Waals surface area contributed by atoms with Crippen LogP contribution in [0.3, 0.4) is 0 Å². The van der Waals surface area contributed by atoms with Crippen molar-refractivity contribution in [2.75, 3.05) is 0 Å². The summed E-state index contributed by atoms with van der Waals surface area (Å²) in [5.41, 5.74) is 3.43. The first-order valence-electron chi connectivity index (χ1n) is 11.1. The van der Waals surface area contributed by atoms with Crippen LogP contribution < -0.4 is 0 Å². The summed E-state index contributed by atoms with van der Waals surface area (Å²) < 4.78 is 14.4. The number of fused-ring (bicyclic) bond motifs is 1. The molecule has 4 aliphatic rings. The van der Waals surface area contributed by atoms with Gasteiger partial charge in [0.15, 0.2) is 0 Å². The maximum Gasteiger partial charge on any atom is 0.226 e. The first-order chi connectivity index (χ1) is 14.7. The quantitative estimate of drug-likeness (QED) is 0.763. The van der Waals surface area contributed by atoms with E-state index in [0.29, 0.717) is 18.9 Å². The number of aryl methyl sites for hydroxylation is 1. The van der Waals surface area contributed by atoms with E-state index >= 15 is 0 Å². The highest BCUT2D eigenvalue weighted by atomic mass is 19.1. The summed E-state index contributed by atoms with van der Waals surface area (Å²) in [7, 11) is 0. The predicted molar refractivity (Wildman–Crippen MR) is 111 cm³/mol. The van der Waals surface area contributed by atoms with Crippen molar-refractivity contribution in [2.24, 2.45) is 17.8 Å². The van der Waals surface area contributed by atoms with Crippen LogP contribution in [0.1, 0.15) is 49.8 Å². The number of H-pyrrole nitrogens is 1. The molecule has 0 spiro atoms. The first-order valence-corrected chi connectivity index (χ1v) is 11.1. The van der Waals surface area contributed by atoms with Crippen LogP contribution in [0.2, 0.25) is 0 Å². The lowest BCUT2D eigenvalue weighted by Crippen LogP contribution is -2.47. The highest BCUT2D eigenvalue weighted by Crippen LogP contribution is 2.41. The van der Waals surface area contributed by atoms with E-state index in [1.165, 1.54) is 17.3 Å². The van der Waals surface area contributed by atoms with Crippen molar-refractivity contribution in [3.05, 3.63) is 53.2 Å². The number of allylic oxidation sites excluding steroid dienone is 6. The van der Waals surface area contributed by atoms with E-state index in [-0.39, 0.29) is 23.7 Å². The van der Waals surface area contributed by atoms with Gasteiger partial charge in [-0.25, -0.2) is 4.39 Å². The molecule has 0 radical (unpaired) electrons. The molecule has 5 rings (SSSR count). The number of carbonyl (C=O) groups excluding carboxylic acids is 1. The summed E-state index contributed by atoms with van der Waals surface area (Å²) in [6.45, 7) is 0. The third-order valence-corrected chi connectivity index (χ3v) is 7.15. The van der Waals surface area contributed by atoms with Gasteiger partial charge in [0.2, 0.25) is 5.91 Å². The molecule has 1 saturated carbocycles. The van der Waals surface area contributed by atoms with E-state index in [1.54, 1.807) is 12.2 Å². The standard InChI is InChI=1S/C24H27FN4O/c25-21-3-1-2-17(13-26)23(21)15-4-6-16(7-5-15)24(30)29(19-8-9-19)20-10-11-22-18(12-20)14-27-28-22/h1-4,14,16-17,19-20,23H,5-12H2,(H,27,28). The molecule has 1 fully saturated rings. The number of nitrogens with one attached hydrogen (secondary N) is 1. The molecule has 30 heavy (non-hydrogen) atoms. The summed E-state index contributed by atoms with van der Waals surface area (Å²) in [5, 5.41) is 16.6. The Kier molecular flexibility index (Phi) is 5.06. The van der Waals surface area contributed by atoms with Gasteiger partial charge in [0, 0.05) is 23.7 Å². The molecule has 6 heteroatoms. The highest BCUT2D eigenvalue weighted by molar-refractivity contribution is 5.80. The first kappa shape index (κ1) is 19.3. The molecule has 1 amide bonds. The lowest BCUT2D eigenvalue weighted by Gasteiger charge is -2.38. The Morgan fingerprint density at radius 1 is 1.23 bits per heavy atom. The van der Waals surface area contributed by atoms with Crippen LogP contribution in [-0.4, -0.2) is 33.1 Å². The van der Waals surface area contributed by atoms with Crippen molar-refractivity contribution in [1.82, 2.24) is 15.1 Å². The van der Waals surface area contributed by atoms with Gasteiger partial charge in [-0.15, -0.1) is 0 Å². The lowest BCUT2D eigenvalue weighted by molar-refractivity contribution is -0.139. The Morgan fingerprint density at radius 3 is 2.83 bits per heavy atom. The van der Waals surface area contributed by atoms with Crippen LogP contribution in [0.5, 0.6) is 0 Å². The molecule has 0 aliphatic heterocycles. The third-order valence-electron chi connectivity index (χ3n) is 7.15. The maximum atomic E-state index is 14.4. The van der Waals surface area contributed by atoms with Gasteiger partial charge in [0.25, 0.3) is 0 Å². The zero-order valence-electron chi connectivity index (χ0n) is 17.1. The van der Waals surface area contributed by atoms with E-state index in [0.717, 1.165) is 44.1 Å². The molecule has 4 atom stereocenters. The third kappa shape index (κ3) is 3.51. The van der Waals surface area contributed by atoms with Crippen LogP contribution in [-0.2, 0) is 17.6 Å². The van der Waals surface area contributed by atoms with E-state index in [1.807, 2.05) is 12.3 Å². The van der Waals surface area contributed by atoms with E-state index in [2.05, 4.69) is 21.2 Å². The number of aromatic amines is 1. The van der Waals surface area contributed by atoms with E-state index < -0.39 is 11.8 Å². The number of amides is 1. The fraction of sp³-hybridized carbons (Fsp3) is 0.542. The average Bonchev–Trinajstić information content (AvgIpc) is 3.49. The second-order valence-electron chi connectivity index (χ2n) is 9.07. The molecule has 5 nitrogen and oxygen atoms in total. The molecule has 4 aliphatic carbocycles. The maximum absolute atomic E-state index is 14.4. The van der Waals surface area contributed by atoms with Gasteiger partial charge in [0.05, 0.1) is 24.1 Å². The molecule has 4 unspecified atom stereocenters. The summed E-state index contributed by atoms with van der Waals surface area (Å²) in [4.78, 5) is 15.7. The smallest absolute Gasteiger partial charge is 0.226 e. The minimum atomic E-state index is -0.478. The molecule has 0 aromatic carbocycles. The van der Waals surface area contributed by atoms with Crippen LogP contribution in [0, 0.1) is 29.1 Å². The molecular formula is C24H27FN4O. The van der Waals surface area contributed by atoms with E-state index in [9.17, 15) is 14.4 Å². The minimum Gasteiger partial charge on any atom is -0.336 e. The Bertz CT molecular complexity index is 964. The van der Waals surface area contributed by atoms with Crippen molar-refractivity contribution in [3.63, 3.8) is 0 Å². The Labute approximate surface area is 176 Å². The highest BCUT2D eigenvalue weighted by Gasteiger charge is 2.42. The van der Waals surface area contributed by atoms with Crippen molar-refractivity contribution < 1.29 is 9.18 Å². The largest absolute Gasteiger partial charge is 0.336 e. The number of nitriles is 1. The van der Waals surface area contributed by atoms with Gasteiger partial charge in [-0.1, -0.05) is 23.8 Å². The topological polar surface area (TPSA) is 72.8 Å². The molecule has 1 heterocycles. The van der Waals surface area contributed by atoms with Crippen molar-refractivity contribution >= 4 is 5.91 Å². The summed E-state index contributed by atoms with van der Waals surface area (Å²) in [6.07, 6.45) is 15.9. The van der Waals surface area contributed by atoms with Gasteiger partial charge in [0.1, 0.15) is 5.83 Å². The monoisotopic (exact) mass is 406 g/mol. The van der Waals surface area contributed by atoms with Gasteiger partial charge in [-0.2, -0.15) is 10.4 Å². The number of hydrogen-bond donors (Lipinski definition) is 1. The Morgan fingerprint density at radius 2 is 2.10 bits per heavy atom. The predicted octanol–water partition coefficient (Wildman–Crippen LogP) is 4.16. The number of aromatic nitrogens is 2. The number of nitrogens with zero attached hydrogens (tertiary/aromatic N) is 3. The Balaban J connectivity index is 1.29. The van der Waals surface area contributed by atoms with Crippen molar-refractivity contribution in [1.29, 1.82) is 5.26 Å². The average molecular weight is 407 g/mol. The van der Waals surface area contributed by atoms with Crippen LogP contribution in [0.4, 0.5) is 4.39 Å². The van der Waals surface area contributed by atoms with Gasteiger partial charge >= 0.3 is 0 Å². The number of hydrogen-bond acceptors (Lipinski definition) is 3. The summed E-state index contributed by atoms with van der Waals surface area (Å²) in [5.74, 6) is -0.943. The molecule has 1 N–H and O–H groups in total. The minimum absolute atomic E-state index is 0.0354. The van der Waals surface area contributed by atoms with Gasteiger partial charge in [-0.05, 0) is 63.0 Å². The van der Waals surface area contributed by atoms with Crippen molar-refractivity contribution in [2.45, 2.75) is 63.5 Å². The SMILES string of the molecule is N#CC1C=CC=C(F)C1C1=CCC(C(=O)N(C2CC2)C2CCc3[nH]ncc3C2)CC1. The fourth-order valence-corrected chi connectivity index (χ4v) is 5.40. The van der Waals surface area contributed by atoms with Crippen LogP contribution in [0.25, 0.3) is 0 Å². The zero-order chi connectivity index (χ0) is 20.7. The Hall–Kier alpha value is -2.68. The molecule has 1 aromatic rings. The molecule has 0 bridgehead atoms. The second kappa shape index (κ2) is 7.86. The molecule has 0 saturated heterocycles. The van der Waals surface area contributed by atoms with Crippen LogP contribution in [0.15, 0.2) is 41.9 Å². The normalized spacial score (nSPS) is 30.7.